The lowest BCUT2D eigenvalue weighted by Gasteiger charge is -2.24. The summed E-state index contributed by atoms with van der Waals surface area (Å²) in [6.07, 6.45) is 4.28. The molecule has 0 spiro atoms. The van der Waals surface area contributed by atoms with Crippen molar-refractivity contribution in [2.75, 3.05) is 6.54 Å². The summed E-state index contributed by atoms with van der Waals surface area (Å²) < 4.78 is 5.94. The maximum absolute atomic E-state index is 12.7. The number of benzene rings is 2. The number of nitrogen functional groups attached to an aromatic ring is 1. The van der Waals surface area contributed by atoms with Crippen LogP contribution in [0.4, 0.5) is 0 Å². The van der Waals surface area contributed by atoms with Crippen molar-refractivity contribution in [2.24, 2.45) is 5.73 Å². The number of nitrogens with one attached hydrogen (secondary N) is 1. The predicted molar refractivity (Wildman–Crippen MR) is 110 cm³/mol. The first-order chi connectivity index (χ1) is 13.6. The van der Waals surface area contributed by atoms with Gasteiger partial charge >= 0.3 is 0 Å². The van der Waals surface area contributed by atoms with Gasteiger partial charge < -0.3 is 15.1 Å². The molecule has 1 aliphatic rings. The quantitative estimate of drug-likeness (QED) is 0.506. The predicted octanol–water partition coefficient (Wildman–Crippen LogP) is 3.88. The number of furan rings is 1. The number of carbonyl (C=O) groups is 1. The molecule has 28 heavy (non-hydrogen) atoms. The van der Waals surface area contributed by atoms with E-state index in [-0.39, 0.29) is 17.8 Å². The normalized spacial score (nSPS) is 16.6. The number of hydrogen-bond acceptors (Lipinski definition) is 3. The molecule has 4 rings (SSSR count). The third-order valence-electron chi connectivity index (χ3n) is 5.50. The Balaban J connectivity index is 1.40. The highest BCUT2D eigenvalue weighted by molar-refractivity contribution is 5.98. The number of likely N-dealkylation sites (tertiary alicyclic amines) is 1. The van der Waals surface area contributed by atoms with Crippen LogP contribution >= 0.6 is 0 Å². The van der Waals surface area contributed by atoms with Gasteiger partial charge in [-0.2, -0.15) is 0 Å². The van der Waals surface area contributed by atoms with Gasteiger partial charge in [-0.1, -0.05) is 30.3 Å². The molecule has 5 heteroatoms. The van der Waals surface area contributed by atoms with Gasteiger partial charge in [0.1, 0.15) is 17.2 Å². The molecule has 0 radical (unpaired) electrons. The highest BCUT2D eigenvalue weighted by Crippen LogP contribution is 2.26. The highest BCUT2D eigenvalue weighted by atomic mass is 16.3. The summed E-state index contributed by atoms with van der Waals surface area (Å²) in [5.74, 6) is 1.19. The van der Waals surface area contributed by atoms with Crippen LogP contribution in [0.5, 0.6) is 0 Å². The average Bonchev–Trinajstić information content (AvgIpc) is 3.32. The van der Waals surface area contributed by atoms with Crippen molar-refractivity contribution in [1.82, 2.24) is 4.90 Å². The fourth-order valence-corrected chi connectivity index (χ4v) is 4.03. The molecule has 5 nitrogen and oxygen atoms in total. The largest absolute Gasteiger partial charge is 0.461 e. The Morgan fingerprint density at radius 3 is 2.79 bits per heavy atom. The third-order valence-corrected chi connectivity index (χ3v) is 5.50. The summed E-state index contributed by atoms with van der Waals surface area (Å²) in [7, 11) is 0. The second-order valence-corrected chi connectivity index (χ2v) is 7.46. The van der Waals surface area contributed by atoms with E-state index in [0.29, 0.717) is 12.0 Å². The van der Waals surface area contributed by atoms with Crippen LogP contribution in [0.1, 0.15) is 36.1 Å². The maximum Gasteiger partial charge on any atom is 0.227 e. The first kappa shape index (κ1) is 18.3. The summed E-state index contributed by atoms with van der Waals surface area (Å²) >= 11 is 0. The van der Waals surface area contributed by atoms with E-state index in [1.807, 2.05) is 53.4 Å². The van der Waals surface area contributed by atoms with Gasteiger partial charge in [-0.3, -0.25) is 10.2 Å². The van der Waals surface area contributed by atoms with Gasteiger partial charge in [0.25, 0.3) is 0 Å². The monoisotopic (exact) mass is 375 g/mol. The smallest absolute Gasteiger partial charge is 0.227 e. The molecule has 0 unspecified atom stereocenters. The zero-order chi connectivity index (χ0) is 19.5. The van der Waals surface area contributed by atoms with Crippen LogP contribution in [0.3, 0.4) is 0 Å². The van der Waals surface area contributed by atoms with Gasteiger partial charge in [0, 0.05) is 30.0 Å². The van der Waals surface area contributed by atoms with Gasteiger partial charge in [0.15, 0.2) is 0 Å². The van der Waals surface area contributed by atoms with Gasteiger partial charge in [-0.05, 0) is 49.1 Å². The molecule has 2 aromatic carbocycles. The third kappa shape index (κ3) is 3.93. The number of rotatable bonds is 6. The molecule has 3 aromatic rings. The van der Waals surface area contributed by atoms with Crippen molar-refractivity contribution in [1.29, 1.82) is 5.41 Å². The Kier molecular flexibility index (Phi) is 5.15. The van der Waals surface area contributed by atoms with Crippen molar-refractivity contribution in [3.05, 3.63) is 71.5 Å². The molecular weight excluding hydrogens is 350 g/mol. The summed E-state index contributed by atoms with van der Waals surface area (Å²) in [5, 5.41) is 8.53. The molecular formula is C23H25N3O2. The lowest BCUT2D eigenvalue weighted by molar-refractivity contribution is -0.131. The van der Waals surface area contributed by atoms with Crippen LogP contribution in [-0.2, 0) is 17.6 Å². The van der Waals surface area contributed by atoms with E-state index < -0.39 is 0 Å². The topological polar surface area (TPSA) is 83.3 Å². The van der Waals surface area contributed by atoms with Crippen LogP contribution in [0, 0.1) is 5.41 Å². The van der Waals surface area contributed by atoms with E-state index in [4.69, 9.17) is 15.6 Å². The molecule has 1 amide bonds. The minimum Gasteiger partial charge on any atom is -0.461 e. The molecule has 1 saturated heterocycles. The number of carbonyl (C=O) groups excluding carboxylic acids is 1. The number of nitrogens with zero attached hydrogens (tertiary/aromatic N) is 1. The summed E-state index contributed by atoms with van der Waals surface area (Å²) in [4.78, 5) is 14.8. The van der Waals surface area contributed by atoms with Crippen molar-refractivity contribution in [2.45, 2.75) is 38.1 Å². The minimum absolute atomic E-state index is 0.0585. The number of fused-ring (bicyclic) bond motifs is 1. The van der Waals surface area contributed by atoms with E-state index >= 15 is 0 Å². The first-order valence-electron chi connectivity index (χ1n) is 9.80. The van der Waals surface area contributed by atoms with Crippen LogP contribution < -0.4 is 5.73 Å². The van der Waals surface area contributed by atoms with Crippen LogP contribution in [0.15, 0.2) is 59.0 Å². The summed E-state index contributed by atoms with van der Waals surface area (Å²) in [6.45, 7) is 0.846. The fourth-order valence-electron chi connectivity index (χ4n) is 4.03. The fraction of sp³-hybridized carbons (Fsp3) is 0.304. The number of amides is 1. The van der Waals surface area contributed by atoms with Crippen molar-refractivity contribution in [3.63, 3.8) is 0 Å². The molecule has 0 aliphatic carbocycles. The van der Waals surface area contributed by atoms with Crippen molar-refractivity contribution >= 4 is 22.7 Å². The minimum atomic E-state index is 0.0585. The van der Waals surface area contributed by atoms with Gasteiger partial charge in [0.2, 0.25) is 5.91 Å². The zero-order valence-electron chi connectivity index (χ0n) is 15.9. The molecule has 0 saturated carbocycles. The summed E-state index contributed by atoms with van der Waals surface area (Å²) in [5.41, 5.74) is 8.14. The average molecular weight is 375 g/mol. The second-order valence-electron chi connectivity index (χ2n) is 7.46. The Labute approximate surface area is 164 Å². The van der Waals surface area contributed by atoms with E-state index in [1.54, 1.807) is 6.07 Å². The highest BCUT2D eigenvalue weighted by Gasteiger charge is 2.28. The van der Waals surface area contributed by atoms with Crippen molar-refractivity contribution < 1.29 is 9.21 Å². The van der Waals surface area contributed by atoms with E-state index in [2.05, 4.69) is 0 Å². The Hall–Kier alpha value is -3.08. The van der Waals surface area contributed by atoms with E-state index in [1.165, 1.54) is 0 Å². The molecule has 1 aromatic heterocycles. The van der Waals surface area contributed by atoms with Crippen LogP contribution in [0.25, 0.3) is 11.0 Å². The Bertz CT molecular complexity index is 994. The molecule has 0 bridgehead atoms. The standard InChI is InChI=1S/C23H25N3O2/c24-23(25)17-8-11-21-18(14-17)15-20(28-21)10-9-19-7-4-12-26(19)22(27)13-16-5-2-1-3-6-16/h1-3,5-6,8,11,14-15,19H,4,7,9-10,12-13H2,(H3,24,25)/t19-/m0/s1. The SMILES string of the molecule is N=C(N)c1ccc2oc(CC[C@@H]3CCCN3C(=O)Cc3ccccc3)cc2c1. The van der Waals surface area contributed by atoms with Crippen LogP contribution in [-0.4, -0.2) is 29.2 Å². The first-order valence-corrected chi connectivity index (χ1v) is 9.80. The van der Waals surface area contributed by atoms with E-state index in [0.717, 1.165) is 54.5 Å². The molecule has 1 aliphatic heterocycles. The van der Waals surface area contributed by atoms with E-state index in [9.17, 15) is 4.79 Å². The number of aryl methyl sites for hydroxylation is 1. The van der Waals surface area contributed by atoms with Gasteiger partial charge in [0.05, 0.1) is 6.42 Å². The number of nitrogens with two attached hydrogens (primary N) is 1. The summed E-state index contributed by atoms with van der Waals surface area (Å²) in [6, 6.07) is 17.8. The molecule has 3 N–H and O–H groups in total. The number of hydrogen-bond donors (Lipinski definition) is 2. The molecule has 1 atom stereocenters. The second kappa shape index (κ2) is 7.89. The van der Waals surface area contributed by atoms with Gasteiger partial charge in [-0.15, -0.1) is 0 Å². The molecule has 144 valence electrons. The zero-order valence-corrected chi connectivity index (χ0v) is 15.9. The van der Waals surface area contributed by atoms with Crippen LogP contribution in [0.2, 0.25) is 0 Å². The maximum atomic E-state index is 12.7. The Morgan fingerprint density at radius 1 is 1.18 bits per heavy atom. The molecule has 2 heterocycles. The van der Waals surface area contributed by atoms with Gasteiger partial charge in [-0.25, -0.2) is 0 Å². The number of amidine groups is 1. The lowest BCUT2D eigenvalue weighted by atomic mass is 10.1. The molecule has 1 fully saturated rings. The van der Waals surface area contributed by atoms with Crippen molar-refractivity contribution in [3.8, 4) is 0 Å². The Morgan fingerprint density at radius 2 is 2.00 bits per heavy atom. The lowest BCUT2D eigenvalue weighted by Crippen LogP contribution is -2.36.